The molecule has 3 nitrogen and oxygen atoms in total. The van der Waals surface area contributed by atoms with Crippen LogP contribution in [0.25, 0.3) is 5.70 Å². The van der Waals surface area contributed by atoms with E-state index in [2.05, 4.69) is 51.9 Å². The molecule has 0 bridgehead atoms. The number of carbonyl (C=O) groups is 2. The molecule has 0 radical (unpaired) electrons. The molecule has 0 spiro atoms. The first-order valence-corrected chi connectivity index (χ1v) is 17.0. The molecule has 190 valence electrons. The van der Waals surface area contributed by atoms with Crippen LogP contribution in [0.1, 0.15) is 5.56 Å². The third-order valence-electron chi connectivity index (χ3n) is 7.27. The number of amides is 1. The average molecular weight is 590 g/mol. The third kappa shape index (κ3) is 3.75. The van der Waals surface area contributed by atoms with Crippen molar-refractivity contribution in [1.82, 2.24) is 0 Å². The Morgan fingerprint density at radius 1 is 0.487 bits per heavy atom. The van der Waals surface area contributed by atoms with Crippen LogP contribution in [-0.2, 0) is 9.59 Å². The standard InChI is InChI=1S/C34H25BrNO2P/c35-39(28-20-10-3-11-21-28,29-22-12-4-13-23-29,30-24-14-5-15-25-30)33-31(26-16-6-1-7-17-26)36(34(38)32(33)37)27-18-8-2-9-19-27/h1-25H. The van der Waals surface area contributed by atoms with Gasteiger partial charge in [0.25, 0.3) is 0 Å². The van der Waals surface area contributed by atoms with Crippen molar-refractivity contribution in [3.05, 3.63) is 163 Å². The molecule has 0 fully saturated rings. The summed E-state index contributed by atoms with van der Waals surface area (Å²) in [5.41, 5.74) is 2.05. The number of ketones is 1. The summed E-state index contributed by atoms with van der Waals surface area (Å²) in [6.45, 7) is 0. The van der Waals surface area contributed by atoms with Crippen molar-refractivity contribution in [2.45, 2.75) is 0 Å². The van der Waals surface area contributed by atoms with Crippen LogP contribution in [0.3, 0.4) is 0 Å². The Morgan fingerprint density at radius 3 is 1.26 bits per heavy atom. The monoisotopic (exact) mass is 589 g/mol. The summed E-state index contributed by atoms with van der Waals surface area (Å²) in [5.74, 6) is -1.07. The van der Waals surface area contributed by atoms with Crippen LogP contribution < -0.4 is 20.8 Å². The van der Waals surface area contributed by atoms with E-state index in [0.29, 0.717) is 16.7 Å². The number of para-hydroxylation sites is 1. The summed E-state index contributed by atoms with van der Waals surface area (Å²) >= 11 is 4.42. The van der Waals surface area contributed by atoms with Crippen LogP contribution in [-0.4, -0.2) is 11.7 Å². The molecule has 1 aliphatic heterocycles. The van der Waals surface area contributed by atoms with Gasteiger partial charge in [-0.2, -0.15) is 0 Å². The Kier molecular flexibility index (Phi) is 6.38. The van der Waals surface area contributed by atoms with E-state index in [9.17, 15) is 9.59 Å². The first kappa shape index (κ1) is 25.2. The van der Waals surface area contributed by atoms with Crippen LogP contribution in [0.15, 0.2) is 157 Å². The van der Waals surface area contributed by atoms with Crippen molar-refractivity contribution in [1.29, 1.82) is 0 Å². The van der Waals surface area contributed by atoms with Gasteiger partial charge in [-0.1, -0.05) is 0 Å². The predicted octanol–water partition coefficient (Wildman–Crippen LogP) is 6.81. The number of benzene rings is 5. The van der Waals surface area contributed by atoms with Gasteiger partial charge in [-0.05, 0) is 0 Å². The first-order valence-electron chi connectivity index (χ1n) is 12.7. The van der Waals surface area contributed by atoms with Crippen molar-refractivity contribution >= 4 is 59.8 Å². The number of hydrogen-bond donors (Lipinski definition) is 0. The first-order chi connectivity index (χ1) is 19.1. The fourth-order valence-electron chi connectivity index (χ4n) is 5.55. The number of carbonyl (C=O) groups excluding carboxylic acids is 2. The average Bonchev–Trinajstić information content (AvgIpc) is 3.29. The summed E-state index contributed by atoms with van der Waals surface area (Å²) in [4.78, 5) is 30.3. The maximum atomic E-state index is 14.6. The molecule has 0 aromatic heterocycles. The molecule has 0 aliphatic carbocycles. The SMILES string of the molecule is O=C1C(=O)N(c2ccccc2)C(c2ccccc2)=C1P(Br)(c1ccccc1)(c1ccccc1)c1ccccc1. The van der Waals surface area contributed by atoms with Gasteiger partial charge in [0.05, 0.1) is 0 Å². The van der Waals surface area contributed by atoms with Crippen molar-refractivity contribution in [3.8, 4) is 0 Å². The molecule has 1 aliphatic rings. The molecule has 1 heterocycles. The summed E-state index contributed by atoms with van der Waals surface area (Å²) in [5, 5.41) is -0.663. The van der Waals surface area contributed by atoms with Crippen molar-refractivity contribution < 1.29 is 9.59 Å². The second-order valence-electron chi connectivity index (χ2n) is 9.38. The normalized spacial score (nSPS) is 14.8. The van der Waals surface area contributed by atoms with E-state index >= 15 is 0 Å². The van der Waals surface area contributed by atoms with Gasteiger partial charge in [-0.3, -0.25) is 0 Å². The molecule has 0 unspecified atom stereocenters. The van der Waals surface area contributed by atoms with Crippen LogP contribution in [0.4, 0.5) is 5.69 Å². The number of hydrogen-bond acceptors (Lipinski definition) is 2. The minimum atomic E-state index is -3.97. The zero-order valence-corrected chi connectivity index (χ0v) is 23.5. The number of anilines is 1. The summed E-state index contributed by atoms with van der Waals surface area (Å²) in [6.07, 6.45) is 0. The Morgan fingerprint density at radius 2 is 0.846 bits per heavy atom. The molecule has 1 amide bonds. The summed E-state index contributed by atoms with van der Waals surface area (Å²) < 4.78 is 0. The van der Waals surface area contributed by atoms with E-state index < -0.39 is 17.0 Å². The van der Waals surface area contributed by atoms with Crippen LogP contribution in [0, 0.1) is 0 Å². The van der Waals surface area contributed by atoms with E-state index in [1.54, 1.807) is 4.90 Å². The Hall–Kier alpha value is -4.11. The Labute approximate surface area is 236 Å². The molecule has 39 heavy (non-hydrogen) atoms. The van der Waals surface area contributed by atoms with E-state index in [1.165, 1.54) is 0 Å². The second-order valence-corrected chi connectivity index (χ2v) is 17.7. The summed E-state index contributed by atoms with van der Waals surface area (Å²) in [6, 6.07) is 49.4. The Balaban J connectivity index is 1.87. The van der Waals surface area contributed by atoms with Gasteiger partial charge in [-0.25, -0.2) is 0 Å². The van der Waals surface area contributed by atoms with Crippen LogP contribution >= 0.6 is 20.8 Å². The fourth-order valence-corrected chi connectivity index (χ4v) is 13.6. The zero-order valence-electron chi connectivity index (χ0n) is 21.0. The number of nitrogens with zero attached hydrogens (tertiary/aromatic N) is 1. The zero-order chi connectivity index (χ0) is 26.9. The molecule has 6 rings (SSSR count). The van der Waals surface area contributed by atoms with Gasteiger partial charge in [0.1, 0.15) is 0 Å². The van der Waals surface area contributed by atoms with Gasteiger partial charge in [-0.15, -0.1) is 0 Å². The topological polar surface area (TPSA) is 37.4 Å². The minimum absolute atomic E-state index is 0.477. The quantitative estimate of drug-likeness (QED) is 0.161. The van der Waals surface area contributed by atoms with E-state index in [1.807, 2.05) is 115 Å². The fraction of sp³-hybridized carbons (Fsp3) is 0. The number of halogens is 1. The van der Waals surface area contributed by atoms with Crippen LogP contribution in [0.2, 0.25) is 0 Å². The van der Waals surface area contributed by atoms with E-state index in [-0.39, 0.29) is 0 Å². The maximum absolute atomic E-state index is 14.6. The molecule has 0 atom stereocenters. The van der Waals surface area contributed by atoms with Gasteiger partial charge >= 0.3 is 237 Å². The summed E-state index contributed by atoms with van der Waals surface area (Å²) in [7, 11) is 0. The molecule has 0 saturated carbocycles. The molecule has 5 aromatic carbocycles. The molecule has 5 aromatic rings. The van der Waals surface area contributed by atoms with Crippen molar-refractivity contribution in [2.24, 2.45) is 0 Å². The predicted molar refractivity (Wildman–Crippen MR) is 166 cm³/mol. The number of rotatable bonds is 6. The third-order valence-corrected chi connectivity index (χ3v) is 17.1. The van der Waals surface area contributed by atoms with Crippen molar-refractivity contribution in [2.75, 3.05) is 4.90 Å². The molecule has 0 saturated heterocycles. The van der Waals surface area contributed by atoms with Gasteiger partial charge in [0.2, 0.25) is 0 Å². The second kappa shape index (κ2) is 9.89. The van der Waals surface area contributed by atoms with E-state index in [0.717, 1.165) is 21.5 Å². The van der Waals surface area contributed by atoms with Gasteiger partial charge in [0.15, 0.2) is 0 Å². The molecule has 0 N–H and O–H groups in total. The molecule has 5 heteroatoms. The van der Waals surface area contributed by atoms with E-state index in [4.69, 9.17) is 0 Å². The molecular formula is C34H25BrNO2P. The van der Waals surface area contributed by atoms with Gasteiger partial charge < -0.3 is 0 Å². The Bertz CT molecular complexity index is 1590. The van der Waals surface area contributed by atoms with Crippen molar-refractivity contribution in [3.63, 3.8) is 0 Å². The van der Waals surface area contributed by atoms with Gasteiger partial charge in [0, 0.05) is 0 Å². The van der Waals surface area contributed by atoms with Crippen LogP contribution in [0.5, 0.6) is 0 Å². The molecular weight excluding hydrogens is 565 g/mol. The number of Topliss-reactive ketones (excluding diaryl/α,β-unsaturated/α-hetero) is 1.